The van der Waals surface area contributed by atoms with E-state index < -0.39 is 5.54 Å². The Labute approximate surface area is 196 Å². The molecule has 1 saturated heterocycles. The standard InChI is InChI=1S/C25H37N5O3/c1-29-23(32)25(28-24(29)26,13-10-18-6-3-2-4-7-18)17-19-8-5-9-21(16-19)27-22(31)20-11-14-30(33)15-12-20/h11-12,14-15,18-19,21H,2-10,13,16-17H2,1H3,(H2,26,28)(H,27,31)/t19-,21+,25+/m0/s1. The van der Waals surface area contributed by atoms with Crippen molar-refractivity contribution in [3.63, 3.8) is 0 Å². The summed E-state index contributed by atoms with van der Waals surface area (Å²) in [6, 6.07) is 3.12. The first kappa shape index (κ1) is 23.5. The summed E-state index contributed by atoms with van der Waals surface area (Å²) in [4.78, 5) is 27.4. The van der Waals surface area contributed by atoms with Crippen LogP contribution in [0.1, 0.15) is 87.4 Å². The Balaban J connectivity index is 1.40. The van der Waals surface area contributed by atoms with Crippen molar-refractivity contribution in [2.45, 2.75) is 88.6 Å². The van der Waals surface area contributed by atoms with E-state index in [2.05, 4.69) is 10.6 Å². The fourth-order valence-corrected chi connectivity index (χ4v) is 6.06. The Morgan fingerprint density at radius 3 is 2.55 bits per heavy atom. The summed E-state index contributed by atoms with van der Waals surface area (Å²) in [5.41, 5.74) is -0.211. The highest BCUT2D eigenvalue weighted by atomic mass is 16.5. The Morgan fingerprint density at radius 2 is 1.88 bits per heavy atom. The Hall–Kier alpha value is -2.64. The third-order valence-corrected chi connectivity index (χ3v) is 7.93. The van der Waals surface area contributed by atoms with Crippen molar-refractivity contribution in [2.24, 2.45) is 11.8 Å². The zero-order chi connectivity index (χ0) is 23.4. The third kappa shape index (κ3) is 5.47. The molecule has 2 heterocycles. The van der Waals surface area contributed by atoms with Crippen LogP contribution in [0.15, 0.2) is 24.5 Å². The maximum Gasteiger partial charge on any atom is 0.254 e. The number of carbonyl (C=O) groups is 2. The molecule has 1 aromatic heterocycles. The number of guanidine groups is 1. The molecule has 2 saturated carbocycles. The lowest BCUT2D eigenvalue weighted by Crippen LogP contribution is -2.50. The molecule has 2 aliphatic carbocycles. The van der Waals surface area contributed by atoms with Crippen LogP contribution >= 0.6 is 0 Å². The van der Waals surface area contributed by atoms with E-state index in [1.807, 2.05) is 0 Å². The summed E-state index contributed by atoms with van der Waals surface area (Å²) in [6.45, 7) is 0. The van der Waals surface area contributed by atoms with Crippen LogP contribution in [-0.2, 0) is 4.79 Å². The number of carbonyl (C=O) groups excluding carboxylic acids is 2. The van der Waals surface area contributed by atoms with Gasteiger partial charge >= 0.3 is 0 Å². The average Bonchev–Trinajstić information content (AvgIpc) is 3.02. The lowest BCUT2D eigenvalue weighted by atomic mass is 9.74. The van der Waals surface area contributed by atoms with E-state index in [0.29, 0.717) is 28.6 Å². The molecule has 8 heteroatoms. The lowest BCUT2D eigenvalue weighted by Gasteiger charge is -2.36. The van der Waals surface area contributed by atoms with Gasteiger partial charge in [0.05, 0.1) is 5.56 Å². The van der Waals surface area contributed by atoms with Crippen molar-refractivity contribution in [1.82, 2.24) is 15.5 Å². The summed E-state index contributed by atoms with van der Waals surface area (Å²) in [5.74, 6) is 1.05. The van der Waals surface area contributed by atoms with Crippen LogP contribution in [0.3, 0.4) is 0 Å². The third-order valence-electron chi connectivity index (χ3n) is 7.93. The maximum absolute atomic E-state index is 13.3. The highest BCUT2D eigenvalue weighted by molar-refractivity contribution is 6.07. The molecule has 0 aromatic carbocycles. The van der Waals surface area contributed by atoms with Gasteiger partial charge in [0.15, 0.2) is 18.4 Å². The number of nitrogens with zero attached hydrogens (tertiary/aromatic N) is 2. The second-order valence-corrected chi connectivity index (χ2v) is 10.3. The van der Waals surface area contributed by atoms with Gasteiger partial charge in [0, 0.05) is 25.2 Å². The quantitative estimate of drug-likeness (QED) is 0.433. The summed E-state index contributed by atoms with van der Waals surface area (Å²) in [5, 5.41) is 25.9. The lowest BCUT2D eigenvalue weighted by molar-refractivity contribution is -0.605. The summed E-state index contributed by atoms with van der Waals surface area (Å²) in [7, 11) is 1.69. The van der Waals surface area contributed by atoms with E-state index in [9.17, 15) is 14.8 Å². The highest BCUT2D eigenvalue weighted by Crippen LogP contribution is 2.38. The van der Waals surface area contributed by atoms with Gasteiger partial charge in [0.1, 0.15) is 5.54 Å². The molecule has 4 rings (SSSR count). The molecule has 8 nitrogen and oxygen atoms in total. The molecule has 1 aliphatic heterocycles. The molecular weight excluding hydrogens is 418 g/mol. The van der Waals surface area contributed by atoms with Gasteiger partial charge in [-0.05, 0) is 43.9 Å². The van der Waals surface area contributed by atoms with Crippen molar-refractivity contribution in [3.05, 3.63) is 35.3 Å². The molecule has 0 unspecified atom stereocenters. The Bertz CT molecular complexity index is 867. The molecular formula is C25H37N5O3. The van der Waals surface area contributed by atoms with Crippen molar-refractivity contribution >= 4 is 17.8 Å². The van der Waals surface area contributed by atoms with Gasteiger partial charge in [-0.15, -0.1) is 0 Å². The van der Waals surface area contributed by atoms with Gasteiger partial charge in [-0.1, -0.05) is 44.9 Å². The number of nitrogens with one attached hydrogen (secondary N) is 3. The number of rotatable bonds is 7. The normalized spacial score (nSPS) is 28.6. The first-order valence-corrected chi connectivity index (χ1v) is 12.5. The number of pyridine rings is 1. The Morgan fingerprint density at radius 1 is 1.18 bits per heavy atom. The number of aromatic nitrogens is 1. The van der Waals surface area contributed by atoms with Crippen LogP contribution < -0.4 is 15.4 Å². The topological polar surface area (TPSA) is 112 Å². The zero-order valence-electron chi connectivity index (χ0n) is 19.6. The minimum atomic E-state index is -0.693. The zero-order valence-corrected chi connectivity index (χ0v) is 19.6. The van der Waals surface area contributed by atoms with E-state index in [-0.39, 0.29) is 23.8 Å². The van der Waals surface area contributed by atoms with Crippen LogP contribution in [0, 0.1) is 22.5 Å². The second-order valence-electron chi connectivity index (χ2n) is 10.3. The predicted octanol–water partition coefficient (Wildman–Crippen LogP) is 3.09. The second kappa shape index (κ2) is 10.1. The average molecular weight is 456 g/mol. The smallest absolute Gasteiger partial charge is 0.254 e. The van der Waals surface area contributed by atoms with E-state index in [4.69, 9.17) is 5.41 Å². The molecule has 3 atom stereocenters. The number of amides is 2. The molecule has 2 amide bonds. The molecule has 33 heavy (non-hydrogen) atoms. The summed E-state index contributed by atoms with van der Waals surface area (Å²) < 4.78 is 0.667. The largest absolute Gasteiger partial charge is 0.619 e. The maximum atomic E-state index is 13.3. The highest BCUT2D eigenvalue weighted by Gasteiger charge is 2.49. The number of hydrogen-bond donors (Lipinski definition) is 3. The number of hydrogen-bond acceptors (Lipinski definition) is 4. The number of likely N-dealkylation sites (N-methyl/N-ethyl adjacent to an activating group) is 1. The van der Waals surface area contributed by atoms with E-state index >= 15 is 0 Å². The first-order valence-electron chi connectivity index (χ1n) is 12.5. The van der Waals surface area contributed by atoms with Crippen LogP contribution in [0.25, 0.3) is 0 Å². The first-order chi connectivity index (χ1) is 15.9. The van der Waals surface area contributed by atoms with E-state index in [0.717, 1.165) is 38.5 Å². The predicted molar refractivity (Wildman–Crippen MR) is 125 cm³/mol. The van der Waals surface area contributed by atoms with Gasteiger partial charge in [0.25, 0.3) is 11.8 Å². The van der Waals surface area contributed by atoms with E-state index in [1.54, 1.807) is 7.05 Å². The van der Waals surface area contributed by atoms with Crippen molar-refractivity contribution < 1.29 is 14.3 Å². The molecule has 3 aliphatic rings. The minimum absolute atomic E-state index is 0.0182. The fraction of sp³-hybridized carbons (Fsp3) is 0.680. The molecule has 3 N–H and O–H groups in total. The molecule has 180 valence electrons. The molecule has 0 spiro atoms. The molecule has 3 fully saturated rings. The molecule has 0 radical (unpaired) electrons. The summed E-state index contributed by atoms with van der Waals surface area (Å²) in [6.07, 6.45) is 15.4. The van der Waals surface area contributed by atoms with Crippen LogP contribution in [0.2, 0.25) is 0 Å². The van der Waals surface area contributed by atoms with E-state index in [1.165, 1.54) is 61.5 Å². The van der Waals surface area contributed by atoms with Gasteiger partial charge in [0.2, 0.25) is 0 Å². The summed E-state index contributed by atoms with van der Waals surface area (Å²) >= 11 is 0. The van der Waals surface area contributed by atoms with Crippen molar-refractivity contribution in [1.29, 1.82) is 5.41 Å². The van der Waals surface area contributed by atoms with Crippen LogP contribution in [0.4, 0.5) is 0 Å². The van der Waals surface area contributed by atoms with Crippen LogP contribution in [-0.4, -0.2) is 41.3 Å². The SMILES string of the molecule is CN1C(=N)N[C@](CCC2CCCCC2)(C[C@H]2CCC[C@@H](NC(=O)c3cc[n+]([O-])cc3)C2)C1=O. The molecule has 1 aromatic rings. The van der Waals surface area contributed by atoms with Crippen molar-refractivity contribution in [2.75, 3.05) is 7.05 Å². The van der Waals surface area contributed by atoms with Gasteiger partial charge in [-0.2, -0.15) is 4.73 Å². The van der Waals surface area contributed by atoms with Crippen LogP contribution in [0.5, 0.6) is 0 Å². The minimum Gasteiger partial charge on any atom is -0.619 e. The van der Waals surface area contributed by atoms with Gasteiger partial charge in [-0.25, -0.2) is 0 Å². The molecule has 0 bridgehead atoms. The van der Waals surface area contributed by atoms with Gasteiger partial charge < -0.3 is 15.8 Å². The fourth-order valence-electron chi connectivity index (χ4n) is 6.06. The van der Waals surface area contributed by atoms with Crippen molar-refractivity contribution in [3.8, 4) is 0 Å². The monoisotopic (exact) mass is 455 g/mol. The Kier molecular flexibility index (Phi) is 7.20. The van der Waals surface area contributed by atoms with Gasteiger partial charge in [-0.3, -0.25) is 19.9 Å².